The van der Waals surface area contributed by atoms with Crippen LogP contribution in [0, 0.1) is 0 Å². The molecule has 23 heavy (non-hydrogen) atoms. The summed E-state index contributed by atoms with van der Waals surface area (Å²) >= 11 is 0. The van der Waals surface area contributed by atoms with E-state index in [4.69, 9.17) is 10.2 Å². The van der Waals surface area contributed by atoms with E-state index in [1.54, 1.807) is 0 Å². The van der Waals surface area contributed by atoms with Gasteiger partial charge in [-0.3, -0.25) is 9.59 Å². The molecule has 0 saturated heterocycles. The van der Waals surface area contributed by atoms with Crippen LogP contribution in [-0.4, -0.2) is 33.4 Å². The molecule has 0 unspecified atom stereocenters. The third kappa shape index (κ3) is 18.9. The second-order valence-corrected chi connectivity index (χ2v) is 6.41. The van der Waals surface area contributed by atoms with Gasteiger partial charge in [0.2, 0.25) is 0 Å². The molecular weight excluding hydrogens is 296 g/mol. The number of hydrogen-bond donors (Lipinski definition) is 3. The summed E-state index contributed by atoms with van der Waals surface area (Å²) in [5.74, 6) is -1.43. The largest absolute Gasteiger partial charge is 0.481 e. The lowest BCUT2D eigenvalue weighted by Gasteiger charge is -2.10. The normalized spacial score (nSPS) is 12.2. The van der Waals surface area contributed by atoms with E-state index in [0.29, 0.717) is 0 Å². The maximum atomic E-state index is 10.3. The van der Waals surface area contributed by atoms with Crippen LogP contribution < -0.4 is 0 Å². The standard InChI is InChI=1S/C18H34O5/c19-16(13-9-5-3-7-11-15-18(22)23)12-8-4-1-2-6-10-14-17(20)21/h16,19H,1-15H2,(H,20,21)(H,22,23)/t16-/m1/s1. The zero-order valence-corrected chi connectivity index (χ0v) is 14.3. The Morgan fingerprint density at radius 3 is 1.22 bits per heavy atom. The molecule has 0 heterocycles. The summed E-state index contributed by atoms with van der Waals surface area (Å²) in [6.07, 6.45) is 13.0. The zero-order valence-electron chi connectivity index (χ0n) is 14.3. The summed E-state index contributed by atoms with van der Waals surface area (Å²) in [6, 6.07) is 0. The molecule has 5 heteroatoms. The molecule has 0 amide bonds. The van der Waals surface area contributed by atoms with E-state index in [0.717, 1.165) is 83.5 Å². The van der Waals surface area contributed by atoms with Crippen LogP contribution in [0.25, 0.3) is 0 Å². The highest BCUT2D eigenvalue weighted by Crippen LogP contribution is 2.14. The van der Waals surface area contributed by atoms with Crippen LogP contribution in [-0.2, 0) is 9.59 Å². The predicted octanol–water partition coefficient (Wildman–Crippen LogP) is 4.37. The molecule has 0 aliphatic heterocycles. The van der Waals surface area contributed by atoms with Crippen molar-refractivity contribution in [3.63, 3.8) is 0 Å². The highest BCUT2D eigenvalue weighted by atomic mass is 16.4. The van der Waals surface area contributed by atoms with Crippen LogP contribution in [0.5, 0.6) is 0 Å². The number of aliphatic hydroxyl groups excluding tert-OH is 1. The molecule has 136 valence electrons. The highest BCUT2D eigenvalue weighted by Gasteiger charge is 2.04. The third-order valence-electron chi connectivity index (χ3n) is 4.11. The van der Waals surface area contributed by atoms with Gasteiger partial charge in [-0.1, -0.05) is 57.8 Å². The first-order chi connectivity index (χ1) is 11.0. The number of carboxylic acid groups (broad SMARTS) is 2. The Kier molecular flexibility index (Phi) is 15.0. The summed E-state index contributed by atoms with van der Waals surface area (Å²) in [5, 5.41) is 26.9. The van der Waals surface area contributed by atoms with Crippen molar-refractivity contribution in [3.8, 4) is 0 Å². The van der Waals surface area contributed by atoms with Crippen molar-refractivity contribution in [3.05, 3.63) is 0 Å². The molecule has 0 saturated carbocycles. The Bertz CT molecular complexity index is 304. The van der Waals surface area contributed by atoms with Crippen LogP contribution >= 0.6 is 0 Å². The van der Waals surface area contributed by atoms with Crippen LogP contribution in [0.4, 0.5) is 0 Å². The average Bonchev–Trinajstić information content (AvgIpc) is 2.48. The number of carboxylic acids is 2. The average molecular weight is 330 g/mol. The van der Waals surface area contributed by atoms with Crippen molar-refractivity contribution in [2.45, 2.75) is 102 Å². The monoisotopic (exact) mass is 330 g/mol. The fourth-order valence-electron chi connectivity index (χ4n) is 2.69. The molecule has 0 spiro atoms. The van der Waals surface area contributed by atoms with Gasteiger partial charge in [0.05, 0.1) is 6.10 Å². The summed E-state index contributed by atoms with van der Waals surface area (Å²) in [7, 11) is 0. The van der Waals surface area contributed by atoms with Crippen LogP contribution in [0.3, 0.4) is 0 Å². The van der Waals surface area contributed by atoms with Crippen molar-refractivity contribution in [1.82, 2.24) is 0 Å². The lowest BCUT2D eigenvalue weighted by atomic mass is 10.0. The van der Waals surface area contributed by atoms with Gasteiger partial charge in [0.1, 0.15) is 0 Å². The Labute approximate surface area is 140 Å². The summed E-state index contributed by atoms with van der Waals surface area (Å²) < 4.78 is 0. The van der Waals surface area contributed by atoms with Crippen molar-refractivity contribution in [2.75, 3.05) is 0 Å². The van der Waals surface area contributed by atoms with Crippen LogP contribution in [0.15, 0.2) is 0 Å². The molecule has 0 fully saturated rings. The molecule has 0 aliphatic carbocycles. The molecule has 0 aromatic carbocycles. The first-order valence-corrected chi connectivity index (χ1v) is 9.14. The Morgan fingerprint density at radius 1 is 0.565 bits per heavy atom. The molecule has 0 radical (unpaired) electrons. The van der Waals surface area contributed by atoms with E-state index in [9.17, 15) is 14.7 Å². The van der Waals surface area contributed by atoms with Crippen molar-refractivity contribution < 1.29 is 24.9 Å². The minimum absolute atomic E-state index is 0.207. The fourth-order valence-corrected chi connectivity index (χ4v) is 2.69. The van der Waals surface area contributed by atoms with Gasteiger partial charge in [-0.25, -0.2) is 0 Å². The predicted molar refractivity (Wildman–Crippen MR) is 90.5 cm³/mol. The molecule has 0 bridgehead atoms. The van der Waals surface area contributed by atoms with E-state index < -0.39 is 11.9 Å². The van der Waals surface area contributed by atoms with E-state index in [1.807, 2.05) is 0 Å². The molecule has 1 atom stereocenters. The first-order valence-electron chi connectivity index (χ1n) is 9.14. The zero-order chi connectivity index (χ0) is 17.3. The highest BCUT2D eigenvalue weighted by molar-refractivity contribution is 5.66. The van der Waals surface area contributed by atoms with Crippen LogP contribution in [0.1, 0.15) is 96.3 Å². The number of carbonyl (C=O) groups is 2. The molecule has 0 rings (SSSR count). The molecule has 0 aromatic rings. The fraction of sp³-hybridized carbons (Fsp3) is 0.889. The van der Waals surface area contributed by atoms with Gasteiger partial charge in [-0.2, -0.15) is 0 Å². The number of aliphatic hydroxyl groups is 1. The number of hydrogen-bond acceptors (Lipinski definition) is 3. The van der Waals surface area contributed by atoms with E-state index in [1.165, 1.54) is 0 Å². The lowest BCUT2D eigenvalue weighted by molar-refractivity contribution is -0.138. The number of unbranched alkanes of at least 4 members (excludes halogenated alkanes) is 9. The van der Waals surface area contributed by atoms with Crippen molar-refractivity contribution >= 4 is 11.9 Å². The topological polar surface area (TPSA) is 94.8 Å². The van der Waals surface area contributed by atoms with Crippen LogP contribution in [0.2, 0.25) is 0 Å². The molecule has 3 N–H and O–H groups in total. The molecular formula is C18H34O5. The molecule has 0 aliphatic rings. The Hall–Kier alpha value is -1.10. The van der Waals surface area contributed by atoms with Gasteiger partial charge < -0.3 is 15.3 Å². The molecule has 0 aromatic heterocycles. The quantitative estimate of drug-likeness (QED) is 0.344. The van der Waals surface area contributed by atoms with Gasteiger partial charge in [-0.05, 0) is 25.7 Å². The van der Waals surface area contributed by atoms with Crippen molar-refractivity contribution in [1.29, 1.82) is 0 Å². The maximum absolute atomic E-state index is 10.3. The Morgan fingerprint density at radius 2 is 0.870 bits per heavy atom. The maximum Gasteiger partial charge on any atom is 0.303 e. The SMILES string of the molecule is O=C(O)CCCCCCCC[C@@H](O)CCCCCCCC(=O)O. The smallest absolute Gasteiger partial charge is 0.303 e. The minimum Gasteiger partial charge on any atom is -0.481 e. The number of rotatable bonds is 17. The first kappa shape index (κ1) is 21.9. The summed E-state index contributed by atoms with van der Waals surface area (Å²) in [5.41, 5.74) is 0. The van der Waals surface area contributed by atoms with Gasteiger partial charge in [0.15, 0.2) is 0 Å². The lowest BCUT2D eigenvalue weighted by Crippen LogP contribution is -2.06. The van der Waals surface area contributed by atoms with Gasteiger partial charge in [-0.15, -0.1) is 0 Å². The van der Waals surface area contributed by atoms with Gasteiger partial charge >= 0.3 is 11.9 Å². The van der Waals surface area contributed by atoms with E-state index >= 15 is 0 Å². The third-order valence-corrected chi connectivity index (χ3v) is 4.11. The minimum atomic E-state index is -0.720. The van der Waals surface area contributed by atoms with Crippen molar-refractivity contribution in [2.24, 2.45) is 0 Å². The summed E-state index contributed by atoms with van der Waals surface area (Å²) in [6.45, 7) is 0. The Balaban J connectivity index is 3.20. The van der Waals surface area contributed by atoms with Gasteiger partial charge in [0.25, 0.3) is 0 Å². The van der Waals surface area contributed by atoms with Gasteiger partial charge in [0, 0.05) is 12.8 Å². The summed E-state index contributed by atoms with van der Waals surface area (Å²) in [4.78, 5) is 20.7. The molecule has 5 nitrogen and oxygen atoms in total. The number of aliphatic carboxylic acids is 2. The van der Waals surface area contributed by atoms with E-state index in [-0.39, 0.29) is 18.9 Å². The second-order valence-electron chi connectivity index (χ2n) is 6.41. The van der Waals surface area contributed by atoms with E-state index in [2.05, 4.69) is 0 Å². The second kappa shape index (κ2) is 15.8.